The van der Waals surface area contributed by atoms with Crippen molar-refractivity contribution in [3.8, 4) is 0 Å². The summed E-state index contributed by atoms with van der Waals surface area (Å²) in [4.78, 5) is 38.3. The topological polar surface area (TPSA) is 78.9 Å². The van der Waals surface area contributed by atoms with E-state index in [-0.39, 0.29) is 31.1 Å². The van der Waals surface area contributed by atoms with E-state index < -0.39 is 6.10 Å². The maximum atomic E-state index is 12.9. The largest absolute Gasteiger partial charge is 0.462 e. The molecule has 78 heavy (non-hydrogen) atoms. The minimum absolute atomic E-state index is 0.0827. The zero-order valence-electron chi connectivity index (χ0n) is 51.2. The molecule has 0 N–H and O–H groups in total. The van der Waals surface area contributed by atoms with Gasteiger partial charge in [-0.05, 0) is 116 Å². The van der Waals surface area contributed by atoms with Gasteiger partial charge in [0.2, 0.25) is 0 Å². The molecular formula is C72H122O6. The van der Waals surface area contributed by atoms with Gasteiger partial charge in [-0.2, -0.15) is 0 Å². The second-order valence-corrected chi connectivity index (χ2v) is 21.6. The Bertz CT molecular complexity index is 1570. The smallest absolute Gasteiger partial charge is 0.306 e. The summed E-state index contributed by atoms with van der Waals surface area (Å²) in [6, 6.07) is 0. The Labute approximate surface area is 482 Å². The molecule has 6 heteroatoms. The lowest BCUT2D eigenvalue weighted by Crippen LogP contribution is -2.30. The van der Waals surface area contributed by atoms with Crippen LogP contribution in [0.1, 0.15) is 310 Å². The van der Waals surface area contributed by atoms with E-state index in [1.807, 2.05) is 0 Å². The van der Waals surface area contributed by atoms with Crippen molar-refractivity contribution in [2.45, 2.75) is 316 Å². The lowest BCUT2D eigenvalue weighted by molar-refractivity contribution is -0.167. The Morgan fingerprint density at radius 1 is 0.269 bits per heavy atom. The lowest BCUT2D eigenvalue weighted by Gasteiger charge is -2.18. The SMILES string of the molecule is CC/C=C\C/C=C\C/C=C\C/C=C\CCCCCCCCCCCCCCCCCCC(=O)OCC(COC(=O)CCCCCCC/C=C\CCC)OC(=O)CCCCCCCCCC/C=C\C/C=C\C/C=C\C/C=C\CC. The summed E-state index contributed by atoms with van der Waals surface area (Å²) in [5.74, 6) is -0.893. The fraction of sp³-hybridized carbons (Fsp3) is 0.708. The number of unbranched alkanes of at least 4 members (excludes halogenated alkanes) is 30. The molecule has 0 fully saturated rings. The summed E-state index contributed by atoms with van der Waals surface area (Å²) in [5, 5.41) is 0. The summed E-state index contributed by atoms with van der Waals surface area (Å²) >= 11 is 0. The molecule has 0 saturated heterocycles. The van der Waals surface area contributed by atoms with Crippen molar-refractivity contribution in [2.75, 3.05) is 13.2 Å². The third kappa shape index (κ3) is 62.9. The van der Waals surface area contributed by atoms with Gasteiger partial charge < -0.3 is 14.2 Å². The molecule has 0 aromatic heterocycles. The van der Waals surface area contributed by atoms with Crippen LogP contribution in [0.15, 0.2) is 109 Å². The highest BCUT2D eigenvalue weighted by Crippen LogP contribution is 2.17. The van der Waals surface area contributed by atoms with Crippen LogP contribution in [-0.2, 0) is 28.6 Å². The highest BCUT2D eigenvalue weighted by molar-refractivity contribution is 5.71. The van der Waals surface area contributed by atoms with Gasteiger partial charge in [0, 0.05) is 19.3 Å². The molecule has 0 aliphatic heterocycles. The third-order valence-corrected chi connectivity index (χ3v) is 14.0. The quantitative estimate of drug-likeness (QED) is 0.0261. The molecule has 446 valence electrons. The molecular weight excluding hydrogens is 961 g/mol. The standard InChI is InChI=1S/C72H122O6/c1-4-7-10-13-16-19-22-24-26-28-30-32-33-34-35-36-37-38-39-41-42-44-46-48-50-53-56-59-62-65-71(74)77-68-69(67-76-70(73)64-61-58-55-52-21-18-15-12-9-6-3)78-72(75)66-63-60-57-54-51-49-47-45-43-40-31-29-27-25-23-20-17-14-11-8-5-2/h7-8,10-12,15-17,19-20,24-27,30-32,40,69H,4-6,9,13-14,18,21-23,28-29,33-39,41-68H2,1-3H3/b10-7-,11-8-,15-12-,19-16-,20-17-,26-24-,27-25-,32-30-,40-31-. The fourth-order valence-corrected chi connectivity index (χ4v) is 9.14. The van der Waals surface area contributed by atoms with E-state index in [0.717, 1.165) is 128 Å². The average molecular weight is 1080 g/mol. The molecule has 0 amide bonds. The molecule has 1 unspecified atom stereocenters. The molecule has 0 aliphatic carbocycles. The van der Waals surface area contributed by atoms with Crippen LogP contribution in [-0.4, -0.2) is 37.2 Å². The van der Waals surface area contributed by atoms with Crippen LogP contribution >= 0.6 is 0 Å². The van der Waals surface area contributed by atoms with Crippen molar-refractivity contribution in [1.82, 2.24) is 0 Å². The number of ether oxygens (including phenoxy) is 3. The van der Waals surface area contributed by atoms with Gasteiger partial charge in [-0.1, -0.05) is 284 Å². The van der Waals surface area contributed by atoms with E-state index in [2.05, 4.69) is 130 Å². The maximum Gasteiger partial charge on any atom is 0.306 e. The molecule has 0 aromatic rings. The minimum Gasteiger partial charge on any atom is -0.462 e. The molecule has 0 spiro atoms. The second-order valence-electron chi connectivity index (χ2n) is 21.6. The first kappa shape index (κ1) is 74.1. The van der Waals surface area contributed by atoms with Gasteiger partial charge in [0.05, 0.1) is 0 Å². The molecule has 0 aromatic carbocycles. The number of esters is 3. The second kappa shape index (κ2) is 65.6. The van der Waals surface area contributed by atoms with Crippen molar-refractivity contribution in [3.05, 3.63) is 109 Å². The van der Waals surface area contributed by atoms with E-state index in [9.17, 15) is 14.4 Å². The monoisotopic (exact) mass is 1080 g/mol. The highest BCUT2D eigenvalue weighted by Gasteiger charge is 2.19. The van der Waals surface area contributed by atoms with Gasteiger partial charge in [-0.25, -0.2) is 0 Å². The zero-order chi connectivity index (χ0) is 56.4. The van der Waals surface area contributed by atoms with Crippen molar-refractivity contribution < 1.29 is 28.6 Å². The highest BCUT2D eigenvalue weighted by atomic mass is 16.6. The Hall–Kier alpha value is -3.93. The number of hydrogen-bond acceptors (Lipinski definition) is 6. The van der Waals surface area contributed by atoms with Crippen LogP contribution in [0.5, 0.6) is 0 Å². The number of rotatable bonds is 59. The van der Waals surface area contributed by atoms with Crippen molar-refractivity contribution in [1.29, 1.82) is 0 Å². The number of carbonyl (C=O) groups excluding carboxylic acids is 3. The molecule has 0 aliphatic rings. The predicted molar refractivity (Wildman–Crippen MR) is 339 cm³/mol. The molecule has 0 radical (unpaired) electrons. The van der Waals surface area contributed by atoms with Crippen LogP contribution in [0.3, 0.4) is 0 Å². The van der Waals surface area contributed by atoms with Crippen LogP contribution < -0.4 is 0 Å². The van der Waals surface area contributed by atoms with Crippen molar-refractivity contribution in [2.24, 2.45) is 0 Å². The van der Waals surface area contributed by atoms with E-state index in [1.165, 1.54) is 141 Å². The fourth-order valence-electron chi connectivity index (χ4n) is 9.14. The van der Waals surface area contributed by atoms with Gasteiger partial charge in [0.25, 0.3) is 0 Å². The first-order valence-corrected chi connectivity index (χ1v) is 32.9. The van der Waals surface area contributed by atoms with Crippen LogP contribution in [0, 0.1) is 0 Å². The van der Waals surface area contributed by atoms with E-state index in [4.69, 9.17) is 14.2 Å². The van der Waals surface area contributed by atoms with Gasteiger partial charge >= 0.3 is 17.9 Å². The summed E-state index contributed by atoms with van der Waals surface area (Å²) in [7, 11) is 0. The first-order chi connectivity index (χ1) is 38.5. The molecule has 6 nitrogen and oxygen atoms in total. The van der Waals surface area contributed by atoms with E-state index >= 15 is 0 Å². The van der Waals surface area contributed by atoms with Crippen molar-refractivity contribution in [3.63, 3.8) is 0 Å². The molecule has 1 atom stereocenters. The Kier molecular flexibility index (Phi) is 62.3. The average Bonchev–Trinajstić information content (AvgIpc) is 3.44. The van der Waals surface area contributed by atoms with E-state index in [0.29, 0.717) is 19.3 Å². The number of carbonyl (C=O) groups is 3. The van der Waals surface area contributed by atoms with Crippen molar-refractivity contribution >= 4 is 17.9 Å². The summed E-state index contributed by atoms with van der Waals surface area (Å²) in [5.41, 5.74) is 0. The van der Waals surface area contributed by atoms with Gasteiger partial charge in [-0.3, -0.25) is 14.4 Å². The summed E-state index contributed by atoms with van der Waals surface area (Å²) < 4.78 is 16.9. The minimum atomic E-state index is -0.786. The van der Waals surface area contributed by atoms with Gasteiger partial charge in [-0.15, -0.1) is 0 Å². The number of allylic oxidation sites excluding steroid dienone is 18. The lowest BCUT2D eigenvalue weighted by atomic mass is 10.0. The van der Waals surface area contributed by atoms with Gasteiger partial charge in [0.15, 0.2) is 6.10 Å². The molecule has 0 heterocycles. The number of hydrogen-bond donors (Lipinski definition) is 0. The Morgan fingerprint density at radius 2 is 0.500 bits per heavy atom. The first-order valence-electron chi connectivity index (χ1n) is 32.9. The summed E-state index contributed by atoms with van der Waals surface area (Å²) in [6.07, 6.45) is 89.7. The predicted octanol–water partition coefficient (Wildman–Crippen LogP) is 22.6. The van der Waals surface area contributed by atoms with Crippen LogP contribution in [0.2, 0.25) is 0 Å². The van der Waals surface area contributed by atoms with Crippen LogP contribution in [0.4, 0.5) is 0 Å². The zero-order valence-corrected chi connectivity index (χ0v) is 51.2. The molecule has 0 rings (SSSR count). The Balaban J connectivity index is 4.20. The van der Waals surface area contributed by atoms with Crippen LogP contribution in [0.25, 0.3) is 0 Å². The third-order valence-electron chi connectivity index (χ3n) is 14.0. The summed E-state index contributed by atoms with van der Waals surface area (Å²) in [6.45, 7) is 6.36. The molecule has 0 bridgehead atoms. The normalized spacial score (nSPS) is 12.8. The molecule has 0 saturated carbocycles. The Morgan fingerprint density at radius 3 is 0.795 bits per heavy atom. The maximum absolute atomic E-state index is 12.9. The van der Waals surface area contributed by atoms with Gasteiger partial charge in [0.1, 0.15) is 13.2 Å². The van der Waals surface area contributed by atoms with E-state index in [1.54, 1.807) is 0 Å².